The van der Waals surface area contributed by atoms with Gasteiger partial charge in [-0.2, -0.15) is 4.31 Å². The topological polar surface area (TPSA) is 104 Å². The number of hydrogen-bond acceptors (Lipinski definition) is 8. The van der Waals surface area contributed by atoms with Crippen LogP contribution in [0.4, 0.5) is 0 Å². The van der Waals surface area contributed by atoms with E-state index in [1.54, 1.807) is 30.9 Å². The predicted molar refractivity (Wildman–Crippen MR) is 139 cm³/mol. The van der Waals surface area contributed by atoms with Crippen LogP contribution in [0.3, 0.4) is 0 Å². The zero-order valence-electron chi connectivity index (χ0n) is 20.0. The van der Waals surface area contributed by atoms with Crippen LogP contribution in [0.15, 0.2) is 28.5 Å². The number of carbonyl (C=O) groups is 3. The van der Waals surface area contributed by atoms with Crippen LogP contribution in [0.5, 0.6) is 0 Å². The Morgan fingerprint density at radius 3 is 2.44 bits per heavy atom. The molecule has 2 aliphatic rings. The summed E-state index contributed by atoms with van der Waals surface area (Å²) in [6.45, 7) is 4.95. The fourth-order valence-electron chi connectivity index (χ4n) is 4.32. The van der Waals surface area contributed by atoms with Gasteiger partial charge >= 0.3 is 0 Å². The maximum atomic E-state index is 13.7. The second-order valence-corrected chi connectivity index (χ2v) is 13.5. The highest BCUT2D eigenvalue weighted by molar-refractivity contribution is 7.91. The number of amides is 2. The van der Waals surface area contributed by atoms with Crippen molar-refractivity contribution in [1.82, 2.24) is 14.1 Å². The molecular formula is C23H28ClN3O6S3. The number of morpholine rings is 1. The smallest absolute Gasteiger partial charge is 0.253 e. The summed E-state index contributed by atoms with van der Waals surface area (Å²) in [6, 6.07) is 4.97. The lowest BCUT2D eigenvalue weighted by molar-refractivity contribution is -0.146. The molecule has 0 saturated carbocycles. The fourth-order valence-corrected chi connectivity index (χ4v) is 8.49. The number of sulfonamides is 1. The number of rotatable bonds is 9. The van der Waals surface area contributed by atoms with Crippen LogP contribution in [0, 0.1) is 0 Å². The fraction of sp³-hybridized carbons (Fsp3) is 0.522. The molecule has 36 heavy (non-hydrogen) atoms. The van der Waals surface area contributed by atoms with E-state index >= 15 is 0 Å². The van der Waals surface area contributed by atoms with Crippen molar-refractivity contribution in [1.29, 1.82) is 0 Å². The van der Waals surface area contributed by atoms with Gasteiger partial charge in [0.05, 0.1) is 24.1 Å². The lowest BCUT2D eigenvalue weighted by Crippen LogP contribution is -2.53. The van der Waals surface area contributed by atoms with Crippen molar-refractivity contribution in [3.63, 3.8) is 0 Å². The molecule has 0 aliphatic carbocycles. The summed E-state index contributed by atoms with van der Waals surface area (Å²) < 4.78 is 34.4. The van der Waals surface area contributed by atoms with E-state index in [1.165, 1.54) is 22.3 Å². The van der Waals surface area contributed by atoms with Crippen LogP contribution in [0.1, 0.15) is 26.7 Å². The van der Waals surface area contributed by atoms with Crippen molar-refractivity contribution >= 4 is 61.9 Å². The Balaban J connectivity index is 1.58. The summed E-state index contributed by atoms with van der Waals surface area (Å²) in [5, 5.41) is 0. The highest BCUT2D eigenvalue weighted by atomic mass is 35.5. The Kier molecular flexibility index (Phi) is 8.52. The minimum Gasteiger partial charge on any atom is -0.378 e. The van der Waals surface area contributed by atoms with E-state index in [1.807, 2.05) is 6.07 Å². The predicted octanol–water partition coefficient (Wildman–Crippen LogP) is 2.95. The summed E-state index contributed by atoms with van der Waals surface area (Å²) in [6.07, 6.45) is 0.348. The molecule has 2 saturated heterocycles. The first-order valence-electron chi connectivity index (χ1n) is 11.7. The van der Waals surface area contributed by atoms with Crippen molar-refractivity contribution < 1.29 is 27.5 Å². The molecule has 0 N–H and O–H groups in total. The monoisotopic (exact) mass is 573 g/mol. The van der Waals surface area contributed by atoms with Gasteiger partial charge in [-0.15, -0.1) is 22.7 Å². The Labute approximate surface area is 223 Å². The third-order valence-electron chi connectivity index (χ3n) is 6.39. The molecule has 0 unspecified atom stereocenters. The van der Waals surface area contributed by atoms with Gasteiger partial charge in [0, 0.05) is 35.8 Å². The highest BCUT2D eigenvalue weighted by Crippen LogP contribution is 2.38. The molecule has 2 aliphatic heterocycles. The van der Waals surface area contributed by atoms with Crippen molar-refractivity contribution in [2.24, 2.45) is 0 Å². The normalized spacial score (nSPS) is 19.8. The molecule has 2 fully saturated rings. The van der Waals surface area contributed by atoms with Crippen LogP contribution in [-0.4, -0.2) is 91.6 Å². The Morgan fingerprint density at radius 1 is 1.14 bits per heavy atom. The van der Waals surface area contributed by atoms with Crippen LogP contribution < -0.4 is 0 Å². The number of thiophene rings is 2. The summed E-state index contributed by atoms with van der Waals surface area (Å²) >= 11 is 8.44. The number of halogens is 1. The molecule has 4 rings (SSSR count). The molecule has 4 heterocycles. The number of likely N-dealkylation sites (tertiary alicyclic amines) is 1. The Bertz CT molecular complexity index is 1240. The molecule has 2 amide bonds. The van der Waals surface area contributed by atoms with Crippen molar-refractivity contribution in [2.45, 2.75) is 43.0 Å². The van der Waals surface area contributed by atoms with Gasteiger partial charge in [-0.25, -0.2) is 8.42 Å². The molecule has 13 heteroatoms. The van der Waals surface area contributed by atoms with E-state index in [0.29, 0.717) is 30.6 Å². The molecule has 9 nitrogen and oxygen atoms in total. The van der Waals surface area contributed by atoms with Crippen LogP contribution in [0.25, 0.3) is 9.75 Å². The molecule has 2 aromatic rings. The van der Waals surface area contributed by atoms with Crippen molar-refractivity contribution in [2.75, 3.05) is 39.4 Å². The Morgan fingerprint density at radius 2 is 1.81 bits per heavy atom. The van der Waals surface area contributed by atoms with Gasteiger partial charge in [0.15, 0.2) is 0 Å². The molecular weight excluding hydrogens is 546 g/mol. The van der Waals surface area contributed by atoms with Crippen molar-refractivity contribution in [3.8, 4) is 9.75 Å². The second kappa shape index (κ2) is 11.3. The minimum atomic E-state index is -4.15. The molecule has 0 bridgehead atoms. The van der Waals surface area contributed by atoms with Crippen LogP contribution >= 0.6 is 34.3 Å². The second-order valence-electron chi connectivity index (χ2n) is 8.61. The first-order valence-corrected chi connectivity index (χ1v) is 15.1. The molecule has 0 aromatic carbocycles. The molecule has 0 radical (unpaired) electrons. The largest absolute Gasteiger partial charge is 0.378 e. The minimum absolute atomic E-state index is 0.0506. The molecule has 0 spiro atoms. The van der Waals surface area contributed by atoms with E-state index in [9.17, 15) is 22.8 Å². The standard InChI is InChI=1S/C23H28ClN3O6S3/c1-3-16(28)14-27(36(31,32)21-7-5-19(35-21)18-4-6-20(24)34-18)17-8-9-26(23(17)30)15(2)22(29)25-10-12-33-13-11-25/h4-7,15,17H,3,8-14H2,1-2H3/t15-,17-/m0/s1. The third kappa shape index (κ3) is 5.53. The van der Waals surface area contributed by atoms with Gasteiger partial charge in [-0.05, 0) is 37.6 Å². The first kappa shape index (κ1) is 27.2. The number of nitrogens with zero attached hydrogens (tertiary/aromatic N) is 3. The van der Waals surface area contributed by atoms with E-state index in [4.69, 9.17) is 16.3 Å². The molecule has 2 aromatic heterocycles. The Hall–Kier alpha value is -1.83. The zero-order chi connectivity index (χ0) is 26.0. The summed E-state index contributed by atoms with van der Waals surface area (Å²) in [5.41, 5.74) is 0. The molecule has 2 atom stereocenters. The number of Topliss-reactive ketones (excluding diaryl/α,β-unsaturated/α-hetero) is 1. The maximum Gasteiger partial charge on any atom is 0.253 e. The summed E-state index contributed by atoms with van der Waals surface area (Å²) in [4.78, 5) is 43.5. The third-order valence-corrected chi connectivity index (χ3v) is 11.2. The van der Waals surface area contributed by atoms with Gasteiger partial charge in [-0.1, -0.05) is 18.5 Å². The lowest BCUT2D eigenvalue weighted by Gasteiger charge is -2.33. The van der Waals surface area contributed by atoms with E-state index in [-0.39, 0.29) is 35.3 Å². The highest BCUT2D eigenvalue weighted by Gasteiger charge is 2.45. The average molecular weight is 574 g/mol. The number of ketones is 1. The lowest BCUT2D eigenvalue weighted by atomic mass is 10.2. The average Bonchev–Trinajstić information content (AvgIpc) is 3.62. The first-order chi connectivity index (χ1) is 17.1. The maximum absolute atomic E-state index is 13.7. The van der Waals surface area contributed by atoms with Crippen LogP contribution in [0.2, 0.25) is 4.34 Å². The number of ether oxygens (including phenoxy) is 1. The van der Waals surface area contributed by atoms with E-state index < -0.39 is 34.6 Å². The molecule has 196 valence electrons. The number of hydrogen-bond donors (Lipinski definition) is 0. The van der Waals surface area contributed by atoms with Gasteiger partial charge < -0.3 is 14.5 Å². The summed E-state index contributed by atoms with van der Waals surface area (Å²) in [5.74, 6) is -0.939. The summed E-state index contributed by atoms with van der Waals surface area (Å²) in [7, 11) is -4.15. The van der Waals surface area contributed by atoms with Gasteiger partial charge in [0.1, 0.15) is 22.1 Å². The van der Waals surface area contributed by atoms with Gasteiger partial charge in [0.25, 0.3) is 10.0 Å². The van der Waals surface area contributed by atoms with Crippen LogP contribution in [-0.2, 0) is 29.1 Å². The quantitative estimate of drug-likeness (QED) is 0.457. The van der Waals surface area contributed by atoms with E-state index in [0.717, 1.165) is 25.4 Å². The SMILES string of the molecule is CCC(=O)CN([C@H]1CCN([C@@H](C)C(=O)N2CCOCC2)C1=O)S(=O)(=O)c1ccc(-c2ccc(Cl)s2)s1. The number of carbonyl (C=O) groups excluding carboxylic acids is 3. The van der Waals surface area contributed by atoms with Gasteiger partial charge in [-0.3, -0.25) is 14.4 Å². The van der Waals surface area contributed by atoms with E-state index in [2.05, 4.69) is 0 Å². The van der Waals surface area contributed by atoms with Crippen molar-refractivity contribution in [3.05, 3.63) is 28.6 Å². The van der Waals surface area contributed by atoms with Gasteiger partial charge in [0.2, 0.25) is 11.8 Å². The zero-order valence-corrected chi connectivity index (χ0v) is 23.2.